The number of hydrogen-bond acceptors (Lipinski definition) is 4. The van der Waals surface area contributed by atoms with E-state index in [9.17, 15) is 0 Å². The van der Waals surface area contributed by atoms with Gasteiger partial charge in [-0.3, -0.25) is 0 Å². The van der Waals surface area contributed by atoms with Crippen LogP contribution in [0.4, 0.5) is 5.69 Å². The van der Waals surface area contributed by atoms with Gasteiger partial charge in [-0.15, -0.1) is 0 Å². The first-order valence-electron chi connectivity index (χ1n) is 6.08. The van der Waals surface area contributed by atoms with Crippen molar-refractivity contribution in [1.29, 1.82) is 0 Å². The molecule has 5 heteroatoms. The number of para-hydroxylation sites is 1. The largest absolute Gasteiger partial charge is 0.409 e. The van der Waals surface area contributed by atoms with Gasteiger partial charge in [-0.2, -0.15) is 0 Å². The Morgan fingerprint density at radius 2 is 2.17 bits per heavy atom. The van der Waals surface area contributed by atoms with Crippen LogP contribution in [0.15, 0.2) is 29.4 Å². The van der Waals surface area contributed by atoms with Crippen LogP contribution in [0.2, 0.25) is 0 Å². The summed E-state index contributed by atoms with van der Waals surface area (Å²) in [4.78, 5) is 2.24. The first kappa shape index (κ1) is 12.7. The minimum absolute atomic E-state index is 0.136. The molecule has 0 amide bonds. The summed E-state index contributed by atoms with van der Waals surface area (Å²) in [5, 5.41) is 11.9. The number of nitrogens with two attached hydrogens (primary N) is 1. The van der Waals surface area contributed by atoms with Crippen LogP contribution in [-0.4, -0.2) is 36.3 Å². The van der Waals surface area contributed by atoms with Crippen molar-refractivity contribution in [2.75, 3.05) is 18.1 Å². The molecule has 1 heterocycles. The van der Waals surface area contributed by atoms with Crippen molar-refractivity contribution in [2.24, 2.45) is 10.9 Å². The fourth-order valence-electron chi connectivity index (χ4n) is 2.23. The number of rotatable bonds is 2. The Balaban J connectivity index is 2.37. The van der Waals surface area contributed by atoms with Crippen molar-refractivity contribution in [3.8, 4) is 0 Å². The van der Waals surface area contributed by atoms with Gasteiger partial charge in [0, 0.05) is 23.8 Å². The molecule has 1 aromatic carbocycles. The molecule has 5 nitrogen and oxygen atoms in total. The van der Waals surface area contributed by atoms with E-state index >= 15 is 0 Å². The highest BCUT2D eigenvalue weighted by Gasteiger charge is 2.25. The number of hydrogen-bond donors (Lipinski definition) is 2. The van der Waals surface area contributed by atoms with Crippen molar-refractivity contribution in [1.82, 2.24) is 0 Å². The van der Waals surface area contributed by atoms with E-state index in [0.717, 1.165) is 17.8 Å². The second-order valence-electron chi connectivity index (χ2n) is 4.65. The van der Waals surface area contributed by atoms with Gasteiger partial charge < -0.3 is 20.6 Å². The third-order valence-corrected chi connectivity index (χ3v) is 3.20. The molecule has 0 aliphatic carbocycles. The van der Waals surface area contributed by atoms with Crippen LogP contribution in [0.25, 0.3) is 0 Å². The van der Waals surface area contributed by atoms with E-state index in [1.807, 2.05) is 31.2 Å². The lowest BCUT2D eigenvalue weighted by Crippen LogP contribution is -2.48. The first-order valence-corrected chi connectivity index (χ1v) is 6.08. The SMILES string of the molecule is CC1CN(c2ccccc2/C(N)=N/O)C(C)CO1. The topological polar surface area (TPSA) is 71.1 Å². The van der Waals surface area contributed by atoms with Crippen LogP contribution in [-0.2, 0) is 4.74 Å². The van der Waals surface area contributed by atoms with E-state index in [2.05, 4.69) is 17.0 Å². The molecule has 1 fully saturated rings. The van der Waals surface area contributed by atoms with Crippen molar-refractivity contribution < 1.29 is 9.94 Å². The number of ether oxygens (including phenoxy) is 1. The lowest BCUT2D eigenvalue weighted by atomic mass is 10.1. The van der Waals surface area contributed by atoms with Crippen LogP contribution >= 0.6 is 0 Å². The highest BCUT2D eigenvalue weighted by Crippen LogP contribution is 2.25. The molecular weight excluding hydrogens is 230 g/mol. The molecular formula is C13H19N3O2. The van der Waals surface area contributed by atoms with Gasteiger partial charge >= 0.3 is 0 Å². The average Bonchev–Trinajstić information content (AvgIpc) is 2.40. The highest BCUT2D eigenvalue weighted by atomic mass is 16.5. The Labute approximate surface area is 107 Å². The van der Waals surface area contributed by atoms with Gasteiger partial charge in [-0.1, -0.05) is 17.3 Å². The molecule has 18 heavy (non-hydrogen) atoms. The molecule has 1 saturated heterocycles. The summed E-state index contributed by atoms with van der Waals surface area (Å²) in [6.45, 7) is 5.64. The number of oxime groups is 1. The normalized spacial score (nSPS) is 25.2. The second-order valence-corrected chi connectivity index (χ2v) is 4.65. The van der Waals surface area contributed by atoms with Crippen LogP contribution in [0.5, 0.6) is 0 Å². The quantitative estimate of drug-likeness (QED) is 0.360. The highest BCUT2D eigenvalue weighted by molar-refractivity contribution is 6.02. The van der Waals surface area contributed by atoms with Crippen LogP contribution < -0.4 is 10.6 Å². The van der Waals surface area contributed by atoms with Crippen LogP contribution in [0, 0.1) is 0 Å². The zero-order valence-corrected chi connectivity index (χ0v) is 10.7. The fraction of sp³-hybridized carbons (Fsp3) is 0.462. The maximum Gasteiger partial charge on any atom is 0.172 e. The summed E-state index contributed by atoms with van der Waals surface area (Å²) in [7, 11) is 0. The molecule has 1 aliphatic rings. The van der Waals surface area contributed by atoms with Gasteiger partial charge in [-0.05, 0) is 26.0 Å². The maximum absolute atomic E-state index is 8.85. The summed E-state index contributed by atoms with van der Waals surface area (Å²) in [5.74, 6) is 0.136. The van der Waals surface area contributed by atoms with Crippen LogP contribution in [0.1, 0.15) is 19.4 Å². The van der Waals surface area contributed by atoms with E-state index < -0.39 is 0 Å². The van der Waals surface area contributed by atoms with Gasteiger partial charge in [0.05, 0.1) is 12.7 Å². The predicted molar refractivity (Wildman–Crippen MR) is 71.2 cm³/mol. The summed E-state index contributed by atoms with van der Waals surface area (Å²) < 4.78 is 5.62. The minimum Gasteiger partial charge on any atom is -0.409 e. The van der Waals surface area contributed by atoms with E-state index in [-0.39, 0.29) is 18.0 Å². The Hall–Kier alpha value is -1.75. The Kier molecular flexibility index (Phi) is 3.72. The molecule has 0 bridgehead atoms. The zero-order valence-electron chi connectivity index (χ0n) is 10.7. The molecule has 2 unspecified atom stereocenters. The third-order valence-electron chi connectivity index (χ3n) is 3.20. The molecule has 1 aromatic rings. The molecule has 98 valence electrons. The molecule has 0 saturated carbocycles. The van der Waals surface area contributed by atoms with Crippen molar-refractivity contribution in [3.05, 3.63) is 29.8 Å². The summed E-state index contributed by atoms with van der Waals surface area (Å²) in [6, 6.07) is 7.95. The van der Waals surface area contributed by atoms with Crippen molar-refractivity contribution in [3.63, 3.8) is 0 Å². The smallest absolute Gasteiger partial charge is 0.172 e. The molecule has 0 aromatic heterocycles. The summed E-state index contributed by atoms with van der Waals surface area (Å²) in [6.07, 6.45) is 0.182. The lowest BCUT2D eigenvalue weighted by molar-refractivity contribution is 0.0343. The third kappa shape index (κ3) is 2.41. The number of nitrogens with zero attached hydrogens (tertiary/aromatic N) is 2. The number of benzene rings is 1. The van der Waals surface area contributed by atoms with E-state index in [1.54, 1.807) is 0 Å². The summed E-state index contributed by atoms with van der Waals surface area (Å²) in [5.41, 5.74) is 7.46. The Morgan fingerprint density at radius 1 is 1.44 bits per heavy atom. The van der Waals surface area contributed by atoms with Gasteiger partial charge in [0.2, 0.25) is 0 Å². The average molecular weight is 249 g/mol. The predicted octanol–water partition coefficient (Wildman–Crippen LogP) is 1.39. The summed E-state index contributed by atoms with van der Waals surface area (Å²) >= 11 is 0. The minimum atomic E-state index is 0.136. The van der Waals surface area contributed by atoms with Gasteiger partial charge in [0.25, 0.3) is 0 Å². The second kappa shape index (κ2) is 5.27. The lowest BCUT2D eigenvalue weighted by Gasteiger charge is -2.39. The Morgan fingerprint density at radius 3 is 2.89 bits per heavy atom. The number of anilines is 1. The zero-order chi connectivity index (χ0) is 13.1. The van der Waals surface area contributed by atoms with Crippen LogP contribution in [0.3, 0.4) is 0 Å². The standard InChI is InChI=1S/C13H19N3O2/c1-9-8-18-10(2)7-16(9)12-6-4-3-5-11(12)13(14)15-17/h3-6,9-10,17H,7-8H2,1-2H3,(H2,14,15). The fourth-order valence-corrected chi connectivity index (χ4v) is 2.23. The monoisotopic (exact) mass is 249 g/mol. The van der Waals surface area contributed by atoms with E-state index in [1.165, 1.54) is 0 Å². The van der Waals surface area contributed by atoms with E-state index in [0.29, 0.717) is 6.61 Å². The molecule has 3 N–H and O–H groups in total. The van der Waals surface area contributed by atoms with Crippen molar-refractivity contribution in [2.45, 2.75) is 26.0 Å². The van der Waals surface area contributed by atoms with Gasteiger partial charge in [0.15, 0.2) is 5.84 Å². The number of morpholine rings is 1. The molecule has 1 aliphatic heterocycles. The van der Waals surface area contributed by atoms with Gasteiger partial charge in [0.1, 0.15) is 0 Å². The first-order chi connectivity index (χ1) is 8.63. The molecule has 2 atom stereocenters. The molecule has 0 spiro atoms. The van der Waals surface area contributed by atoms with E-state index in [4.69, 9.17) is 15.7 Å². The molecule has 2 rings (SSSR count). The number of amidine groups is 1. The van der Waals surface area contributed by atoms with Gasteiger partial charge in [-0.25, -0.2) is 0 Å². The Bertz CT molecular complexity index is 448. The maximum atomic E-state index is 8.85. The van der Waals surface area contributed by atoms with Crippen molar-refractivity contribution >= 4 is 11.5 Å². The molecule has 0 radical (unpaired) electrons.